The lowest BCUT2D eigenvalue weighted by Gasteiger charge is -2.16. The molecule has 0 amide bonds. The van der Waals surface area contributed by atoms with Crippen LogP contribution in [0.3, 0.4) is 0 Å². The Balaban J connectivity index is 2.19. The first-order valence-corrected chi connectivity index (χ1v) is 7.77. The summed E-state index contributed by atoms with van der Waals surface area (Å²) in [6.07, 6.45) is -1.73. The molecule has 0 aliphatic heterocycles. The highest BCUT2D eigenvalue weighted by Gasteiger charge is 2.34. The van der Waals surface area contributed by atoms with Crippen LogP contribution in [0.5, 0.6) is 0 Å². The van der Waals surface area contributed by atoms with Crippen LogP contribution in [0.2, 0.25) is 0 Å². The number of carbonyl (C=O) groups is 1. The first-order valence-electron chi connectivity index (χ1n) is 7.77. The van der Waals surface area contributed by atoms with Gasteiger partial charge in [-0.3, -0.25) is 4.79 Å². The van der Waals surface area contributed by atoms with Crippen LogP contribution >= 0.6 is 0 Å². The summed E-state index contributed by atoms with van der Waals surface area (Å²) in [5, 5.41) is 17.9. The molecule has 0 aliphatic carbocycles. The molecule has 6 nitrogen and oxygen atoms in total. The maximum atomic E-state index is 13.5. The predicted molar refractivity (Wildman–Crippen MR) is 89.7 cm³/mol. The van der Waals surface area contributed by atoms with Gasteiger partial charge in [-0.25, -0.2) is 4.98 Å². The first kappa shape index (κ1) is 18.4. The number of nitrogens with zero attached hydrogens (tertiary/aromatic N) is 3. The molecule has 0 saturated carbocycles. The van der Waals surface area contributed by atoms with Gasteiger partial charge in [-0.2, -0.15) is 18.4 Å². The highest BCUT2D eigenvalue weighted by molar-refractivity contribution is 5.81. The molecule has 9 heteroatoms. The fourth-order valence-corrected chi connectivity index (χ4v) is 2.84. The largest absolute Gasteiger partial charge is 0.480 e. The Hall–Kier alpha value is -3.38. The monoisotopic (exact) mass is 374 g/mol. The Bertz CT molecular complexity index is 1070. The van der Waals surface area contributed by atoms with Crippen molar-refractivity contribution in [3.05, 3.63) is 59.5 Å². The fourth-order valence-electron chi connectivity index (χ4n) is 2.84. The molecule has 0 bridgehead atoms. The minimum atomic E-state index is -4.66. The predicted octanol–water partition coefficient (Wildman–Crippen LogP) is 2.85. The summed E-state index contributed by atoms with van der Waals surface area (Å²) in [5.74, 6) is -1.18. The first-order chi connectivity index (χ1) is 12.7. The number of hydrogen-bond acceptors (Lipinski definition) is 4. The average molecular weight is 374 g/mol. The molecule has 1 atom stereocenters. The van der Waals surface area contributed by atoms with Gasteiger partial charge in [0.25, 0.3) is 0 Å². The Kier molecular flexibility index (Phi) is 4.59. The van der Waals surface area contributed by atoms with Crippen LogP contribution in [-0.2, 0) is 17.4 Å². The second kappa shape index (κ2) is 6.74. The molecule has 0 fully saturated rings. The summed E-state index contributed by atoms with van der Waals surface area (Å²) in [7, 11) is 0. The summed E-state index contributed by atoms with van der Waals surface area (Å²) in [4.78, 5) is 15.1. The van der Waals surface area contributed by atoms with Crippen molar-refractivity contribution in [1.82, 2.24) is 9.38 Å². The molecule has 3 rings (SSSR count). The Labute approximate surface area is 151 Å². The lowest BCUT2D eigenvalue weighted by atomic mass is 9.97. The van der Waals surface area contributed by atoms with Crippen molar-refractivity contribution >= 4 is 11.6 Å². The van der Waals surface area contributed by atoms with E-state index >= 15 is 0 Å². The van der Waals surface area contributed by atoms with E-state index in [1.165, 1.54) is 41.1 Å². The zero-order valence-electron chi connectivity index (χ0n) is 13.7. The number of fused-ring (bicyclic) bond motifs is 1. The van der Waals surface area contributed by atoms with Crippen molar-refractivity contribution < 1.29 is 23.1 Å². The Morgan fingerprint density at radius 2 is 2.00 bits per heavy atom. The standard InChI is InChI=1S/C18H13F3N4O2/c19-18(20,21)14-7-10(9-22)1-3-12(14)13-4-2-11(8-15(23)17(26)27)25-6-5-24-16(13)25/h1-7,15H,8,23H2,(H,26,27)/t15-/m0/s1. The van der Waals surface area contributed by atoms with E-state index in [1.807, 2.05) is 0 Å². The van der Waals surface area contributed by atoms with Crippen LogP contribution in [0.25, 0.3) is 16.8 Å². The molecule has 0 unspecified atom stereocenters. The maximum Gasteiger partial charge on any atom is 0.417 e. The van der Waals surface area contributed by atoms with Crippen molar-refractivity contribution in [2.45, 2.75) is 18.6 Å². The molecular weight excluding hydrogens is 361 g/mol. The number of hydrogen-bond donors (Lipinski definition) is 2. The molecule has 1 aromatic carbocycles. The fraction of sp³-hybridized carbons (Fsp3) is 0.167. The van der Waals surface area contributed by atoms with Gasteiger partial charge in [0.2, 0.25) is 0 Å². The summed E-state index contributed by atoms with van der Waals surface area (Å²) in [6, 6.07) is 6.85. The van der Waals surface area contributed by atoms with E-state index in [4.69, 9.17) is 16.1 Å². The number of pyridine rings is 1. The highest BCUT2D eigenvalue weighted by Crippen LogP contribution is 2.39. The zero-order chi connectivity index (χ0) is 19.8. The molecule has 2 aromatic heterocycles. The van der Waals surface area contributed by atoms with Crippen molar-refractivity contribution in [3.8, 4) is 17.2 Å². The molecule has 0 spiro atoms. The number of carboxylic acids is 1. The maximum absolute atomic E-state index is 13.5. The molecule has 3 aromatic rings. The third kappa shape index (κ3) is 3.47. The van der Waals surface area contributed by atoms with Crippen LogP contribution in [0, 0.1) is 11.3 Å². The molecular formula is C18H13F3N4O2. The van der Waals surface area contributed by atoms with E-state index < -0.39 is 23.8 Å². The molecule has 3 N–H and O–H groups in total. The van der Waals surface area contributed by atoms with E-state index in [0.717, 1.165) is 6.07 Å². The number of carboxylic acid groups (broad SMARTS) is 1. The van der Waals surface area contributed by atoms with Crippen molar-refractivity contribution in [1.29, 1.82) is 5.26 Å². The summed E-state index contributed by atoms with van der Waals surface area (Å²) >= 11 is 0. The average Bonchev–Trinajstić information content (AvgIpc) is 3.11. The van der Waals surface area contributed by atoms with E-state index in [1.54, 1.807) is 6.07 Å². The van der Waals surface area contributed by atoms with Gasteiger partial charge in [0.1, 0.15) is 11.7 Å². The van der Waals surface area contributed by atoms with E-state index in [2.05, 4.69) is 4.98 Å². The lowest BCUT2D eigenvalue weighted by molar-refractivity contribution is -0.138. The minimum Gasteiger partial charge on any atom is -0.480 e. The molecule has 0 saturated heterocycles. The van der Waals surface area contributed by atoms with Crippen LogP contribution in [-0.4, -0.2) is 26.5 Å². The zero-order valence-corrected chi connectivity index (χ0v) is 13.7. The van der Waals surface area contributed by atoms with Gasteiger partial charge < -0.3 is 15.2 Å². The normalized spacial score (nSPS) is 12.7. The van der Waals surface area contributed by atoms with Crippen molar-refractivity contribution in [3.63, 3.8) is 0 Å². The number of nitrogens with two attached hydrogens (primary N) is 1. The van der Waals surface area contributed by atoms with Gasteiger partial charge in [0.15, 0.2) is 0 Å². The number of nitriles is 1. The van der Waals surface area contributed by atoms with Gasteiger partial charge in [0.05, 0.1) is 17.2 Å². The number of imidazole rings is 1. The van der Waals surface area contributed by atoms with E-state index in [0.29, 0.717) is 5.69 Å². The number of rotatable bonds is 4. The summed E-state index contributed by atoms with van der Waals surface area (Å²) in [6.45, 7) is 0. The van der Waals surface area contributed by atoms with Crippen LogP contribution < -0.4 is 5.73 Å². The summed E-state index contributed by atoms with van der Waals surface area (Å²) < 4.78 is 42.0. The number of aliphatic carboxylic acids is 1. The quantitative estimate of drug-likeness (QED) is 0.731. The third-order valence-corrected chi connectivity index (χ3v) is 4.12. The molecule has 27 heavy (non-hydrogen) atoms. The van der Waals surface area contributed by atoms with Crippen molar-refractivity contribution in [2.24, 2.45) is 5.73 Å². The second-order valence-corrected chi connectivity index (χ2v) is 5.88. The number of alkyl halides is 3. The van der Waals surface area contributed by atoms with Crippen LogP contribution in [0.15, 0.2) is 42.7 Å². The number of aromatic nitrogens is 2. The van der Waals surface area contributed by atoms with Gasteiger partial charge in [-0.05, 0) is 29.8 Å². The third-order valence-electron chi connectivity index (χ3n) is 4.12. The van der Waals surface area contributed by atoms with Gasteiger partial charge in [0, 0.05) is 30.1 Å². The second-order valence-electron chi connectivity index (χ2n) is 5.88. The Morgan fingerprint density at radius 1 is 1.30 bits per heavy atom. The van der Waals surface area contributed by atoms with Crippen LogP contribution in [0.4, 0.5) is 13.2 Å². The molecule has 0 radical (unpaired) electrons. The molecule has 138 valence electrons. The SMILES string of the molecule is N#Cc1ccc(-c2ccc(C[C@H](N)C(=O)O)n3ccnc23)c(C(F)(F)F)c1. The highest BCUT2D eigenvalue weighted by atomic mass is 19.4. The molecule has 0 aliphatic rings. The number of benzene rings is 1. The van der Waals surface area contributed by atoms with Crippen molar-refractivity contribution in [2.75, 3.05) is 0 Å². The molecule has 2 heterocycles. The minimum absolute atomic E-state index is 0.0119. The topological polar surface area (TPSA) is 104 Å². The summed E-state index contributed by atoms with van der Waals surface area (Å²) in [5.41, 5.74) is 5.35. The van der Waals surface area contributed by atoms with Gasteiger partial charge >= 0.3 is 12.1 Å². The number of halogens is 3. The van der Waals surface area contributed by atoms with Gasteiger partial charge in [-0.1, -0.05) is 6.07 Å². The smallest absolute Gasteiger partial charge is 0.417 e. The van der Waals surface area contributed by atoms with Crippen LogP contribution in [0.1, 0.15) is 16.8 Å². The van der Waals surface area contributed by atoms with Gasteiger partial charge in [-0.15, -0.1) is 0 Å². The Morgan fingerprint density at radius 3 is 2.63 bits per heavy atom. The van der Waals surface area contributed by atoms with E-state index in [9.17, 15) is 18.0 Å². The van der Waals surface area contributed by atoms with E-state index in [-0.39, 0.29) is 28.8 Å². The lowest BCUT2D eigenvalue weighted by Crippen LogP contribution is -2.32.